The molecule has 0 spiro atoms. The van der Waals surface area contributed by atoms with Crippen molar-refractivity contribution < 1.29 is 23.6 Å². The monoisotopic (exact) mass is 402 g/mol. The average Bonchev–Trinajstić information content (AvgIpc) is 3.15. The summed E-state index contributed by atoms with van der Waals surface area (Å²) in [7, 11) is 0. The number of hydrogen-bond donors (Lipinski definition) is 1. The Morgan fingerprint density at radius 3 is 2.79 bits per heavy atom. The summed E-state index contributed by atoms with van der Waals surface area (Å²) in [5, 5.41) is 21.2. The molecule has 1 amide bonds. The van der Waals surface area contributed by atoms with Crippen molar-refractivity contribution in [1.29, 1.82) is 0 Å². The van der Waals surface area contributed by atoms with Crippen LogP contribution in [0, 0.1) is 10.1 Å². The van der Waals surface area contributed by atoms with Gasteiger partial charge >= 0.3 is 6.01 Å². The highest BCUT2D eigenvalue weighted by Gasteiger charge is 2.28. The number of aromatic nitrogens is 2. The minimum Gasteiger partial charge on any atom is -0.485 e. The smallest absolute Gasteiger partial charge is 0.322 e. The lowest BCUT2D eigenvalue weighted by Gasteiger charge is -2.23. The Balaban J connectivity index is 1.51. The van der Waals surface area contributed by atoms with Crippen LogP contribution in [0.15, 0.2) is 46.9 Å². The molecule has 11 heteroatoms. The summed E-state index contributed by atoms with van der Waals surface area (Å²) >= 11 is 5.83. The van der Waals surface area contributed by atoms with Gasteiger partial charge in [0.2, 0.25) is 6.10 Å². The molecule has 4 rings (SSSR count). The van der Waals surface area contributed by atoms with Gasteiger partial charge in [0.1, 0.15) is 12.2 Å². The van der Waals surface area contributed by atoms with E-state index in [1.54, 1.807) is 18.2 Å². The Labute approximate surface area is 162 Å². The van der Waals surface area contributed by atoms with Crippen LogP contribution in [0.4, 0.5) is 11.7 Å². The highest BCUT2D eigenvalue weighted by atomic mass is 35.5. The van der Waals surface area contributed by atoms with Gasteiger partial charge in [-0.25, -0.2) is 0 Å². The average molecular weight is 403 g/mol. The van der Waals surface area contributed by atoms with E-state index in [1.807, 2.05) is 6.07 Å². The largest absolute Gasteiger partial charge is 0.485 e. The summed E-state index contributed by atoms with van der Waals surface area (Å²) in [6.45, 7) is 0.145. The number of nitrogens with one attached hydrogen (secondary N) is 1. The molecule has 0 bridgehead atoms. The molecular weight excluding hydrogens is 392 g/mol. The first-order chi connectivity index (χ1) is 13.5. The number of carbonyl (C=O) groups is 1. The molecule has 142 valence electrons. The van der Waals surface area contributed by atoms with Crippen LogP contribution in [0.2, 0.25) is 5.02 Å². The molecule has 0 radical (unpaired) electrons. The van der Waals surface area contributed by atoms with Crippen LogP contribution in [0.1, 0.15) is 22.4 Å². The fourth-order valence-electron chi connectivity index (χ4n) is 2.57. The van der Waals surface area contributed by atoms with Gasteiger partial charge in [-0.2, -0.15) is 0 Å². The van der Waals surface area contributed by atoms with E-state index in [0.29, 0.717) is 11.5 Å². The fraction of sp³-hybridized carbons (Fsp3) is 0.118. The molecule has 0 saturated heterocycles. The first-order valence-corrected chi connectivity index (χ1v) is 8.36. The predicted molar refractivity (Wildman–Crippen MR) is 95.7 cm³/mol. The van der Waals surface area contributed by atoms with Crippen molar-refractivity contribution in [2.24, 2.45) is 0 Å². The van der Waals surface area contributed by atoms with E-state index in [9.17, 15) is 14.9 Å². The number of ether oxygens (including phenoxy) is 2. The number of fused-ring (bicyclic) bond motifs is 1. The minimum absolute atomic E-state index is 0.0883. The highest BCUT2D eigenvalue weighted by molar-refractivity contribution is 6.31. The van der Waals surface area contributed by atoms with E-state index in [2.05, 4.69) is 15.5 Å². The lowest BCUT2D eigenvalue weighted by atomic mass is 10.1. The van der Waals surface area contributed by atoms with Crippen LogP contribution in [0.25, 0.3) is 0 Å². The van der Waals surface area contributed by atoms with E-state index in [0.717, 1.165) is 6.07 Å². The lowest BCUT2D eigenvalue weighted by molar-refractivity contribution is -0.385. The molecule has 0 unspecified atom stereocenters. The number of nitro benzene ring substituents is 1. The third kappa shape index (κ3) is 3.45. The zero-order valence-electron chi connectivity index (χ0n) is 14.0. The SMILES string of the molecule is O=C(Nc1nnc([C@@H]2COc3ccccc3O2)o1)c1cc(Cl)ccc1[N+](=O)[O-]. The molecule has 2 heterocycles. The molecule has 10 nitrogen and oxygen atoms in total. The molecule has 0 aliphatic carbocycles. The molecule has 0 fully saturated rings. The van der Waals surface area contributed by atoms with Crippen LogP contribution in [0.5, 0.6) is 11.5 Å². The van der Waals surface area contributed by atoms with Gasteiger partial charge in [0.05, 0.1) is 4.92 Å². The number of para-hydroxylation sites is 2. The summed E-state index contributed by atoms with van der Waals surface area (Å²) in [6, 6.07) is 10.5. The Bertz CT molecular complexity index is 1070. The summed E-state index contributed by atoms with van der Waals surface area (Å²) in [6.07, 6.45) is -0.659. The molecule has 1 aliphatic rings. The van der Waals surface area contributed by atoms with Gasteiger partial charge in [0, 0.05) is 11.1 Å². The number of rotatable bonds is 4. The normalized spacial score (nSPS) is 15.1. The van der Waals surface area contributed by atoms with Gasteiger partial charge in [-0.15, -0.1) is 5.10 Å². The van der Waals surface area contributed by atoms with Crippen molar-refractivity contribution in [1.82, 2.24) is 10.2 Å². The van der Waals surface area contributed by atoms with Crippen molar-refractivity contribution in [3.05, 3.63) is 69.1 Å². The Hall–Kier alpha value is -3.66. The number of halogens is 1. The minimum atomic E-state index is -0.810. The molecular formula is C17H11ClN4O6. The van der Waals surface area contributed by atoms with Crippen molar-refractivity contribution in [2.45, 2.75) is 6.10 Å². The zero-order chi connectivity index (χ0) is 19.7. The van der Waals surface area contributed by atoms with E-state index in [4.69, 9.17) is 25.5 Å². The van der Waals surface area contributed by atoms with E-state index in [1.165, 1.54) is 12.1 Å². The van der Waals surface area contributed by atoms with Crippen molar-refractivity contribution >= 4 is 29.2 Å². The van der Waals surface area contributed by atoms with Gasteiger partial charge in [0.15, 0.2) is 11.5 Å². The molecule has 2 aromatic carbocycles. The van der Waals surface area contributed by atoms with E-state index >= 15 is 0 Å². The Morgan fingerprint density at radius 2 is 2.00 bits per heavy atom. The van der Waals surface area contributed by atoms with Gasteiger partial charge < -0.3 is 13.9 Å². The van der Waals surface area contributed by atoms with Crippen LogP contribution in [-0.2, 0) is 0 Å². The molecule has 1 atom stereocenters. The number of anilines is 1. The number of benzene rings is 2. The highest BCUT2D eigenvalue weighted by Crippen LogP contribution is 2.35. The molecule has 1 aromatic heterocycles. The number of hydrogen-bond acceptors (Lipinski definition) is 8. The maximum Gasteiger partial charge on any atom is 0.322 e. The number of amides is 1. The van der Waals surface area contributed by atoms with Crippen LogP contribution >= 0.6 is 11.6 Å². The van der Waals surface area contributed by atoms with Gasteiger partial charge in [0.25, 0.3) is 17.5 Å². The lowest BCUT2D eigenvalue weighted by Crippen LogP contribution is -2.21. The van der Waals surface area contributed by atoms with E-state index in [-0.39, 0.29) is 29.1 Å². The molecule has 1 N–H and O–H groups in total. The molecule has 3 aromatic rings. The second kappa shape index (κ2) is 7.16. The third-order valence-corrected chi connectivity index (χ3v) is 4.08. The quantitative estimate of drug-likeness (QED) is 0.519. The van der Waals surface area contributed by atoms with Crippen LogP contribution < -0.4 is 14.8 Å². The molecule has 28 heavy (non-hydrogen) atoms. The topological polar surface area (TPSA) is 130 Å². The van der Waals surface area contributed by atoms with Gasteiger partial charge in [-0.05, 0) is 24.3 Å². The molecule has 1 aliphatic heterocycles. The van der Waals surface area contributed by atoms with Crippen molar-refractivity contribution in [2.75, 3.05) is 11.9 Å². The standard InChI is InChI=1S/C17H11ClN4O6/c18-9-5-6-11(22(24)25)10(7-9)15(23)19-17-21-20-16(28-17)14-8-26-12-3-1-2-4-13(12)27-14/h1-7,14H,8H2,(H,19,21,23)/t14-/m0/s1. The molecule has 0 saturated carbocycles. The second-order valence-electron chi connectivity index (χ2n) is 5.68. The fourth-order valence-corrected chi connectivity index (χ4v) is 2.74. The van der Waals surface area contributed by atoms with Crippen LogP contribution in [-0.4, -0.2) is 27.6 Å². The first kappa shape index (κ1) is 17.7. The zero-order valence-corrected chi connectivity index (χ0v) is 14.8. The summed E-state index contributed by atoms with van der Waals surface area (Å²) in [4.78, 5) is 22.8. The summed E-state index contributed by atoms with van der Waals surface area (Å²) < 4.78 is 16.7. The number of carbonyl (C=O) groups excluding carboxylic acids is 1. The summed E-state index contributed by atoms with van der Waals surface area (Å²) in [5.74, 6) is 0.401. The Morgan fingerprint density at radius 1 is 1.21 bits per heavy atom. The van der Waals surface area contributed by atoms with Crippen LogP contribution in [0.3, 0.4) is 0 Å². The first-order valence-electron chi connectivity index (χ1n) is 7.98. The van der Waals surface area contributed by atoms with E-state index < -0.39 is 22.6 Å². The summed E-state index contributed by atoms with van der Waals surface area (Å²) in [5.41, 5.74) is -0.634. The second-order valence-corrected chi connectivity index (χ2v) is 6.12. The third-order valence-electron chi connectivity index (χ3n) is 3.85. The maximum atomic E-state index is 12.4. The van der Waals surface area contributed by atoms with Crippen molar-refractivity contribution in [3.63, 3.8) is 0 Å². The van der Waals surface area contributed by atoms with Gasteiger partial charge in [-0.1, -0.05) is 28.8 Å². The maximum absolute atomic E-state index is 12.4. The predicted octanol–water partition coefficient (Wildman–Crippen LogP) is 3.40. The number of nitrogens with zero attached hydrogens (tertiary/aromatic N) is 3. The van der Waals surface area contributed by atoms with Gasteiger partial charge in [-0.3, -0.25) is 20.2 Å². The Kier molecular flexibility index (Phi) is 4.53. The number of nitro groups is 1. The van der Waals surface area contributed by atoms with Crippen molar-refractivity contribution in [3.8, 4) is 11.5 Å².